The molecule has 0 spiro atoms. The summed E-state index contributed by atoms with van der Waals surface area (Å²) in [6.07, 6.45) is 5.18. The molecule has 2 heteroatoms. The lowest BCUT2D eigenvalue weighted by molar-refractivity contribution is -0.110. The number of ketones is 1. The van der Waals surface area contributed by atoms with Crippen LogP contribution in [0.5, 0.6) is 0 Å². The minimum Gasteiger partial charge on any atom is -0.280 e. The third kappa shape index (κ3) is 4.82. The maximum Gasteiger partial charge on any atom is 0.230 e. The van der Waals surface area contributed by atoms with Crippen molar-refractivity contribution in [1.82, 2.24) is 0 Å². The molecule has 1 atom stereocenters. The van der Waals surface area contributed by atoms with Gasteiger partial charge in [0.15, 0.2) is 0 Å². The first-order chi connectivity index (χ1) is 8.09. The molecule has 1 aliphatic carbocycles. The van der Waals surface area contributed by atoms with Crippen molar-refractivity contribution in [2.45, 2.75) is 59.7 Å². The lowest BCUT2D eigenvalue weighted by Gasteiger charge is -2.32. The Morgan fingerprint density at radius 2 is 1.94 bits per heavy atom. The Morgan fingerprint density at radius 1 is 1.33 bits per heavy atom. The van der Waals surface area contributed by atoms with E-state index >= 15 is 0 Å². The van der Waals surface area contributed by atoms with Crippen LogP contribution in [0.4, 0.5) is 0 Å². The summed E-state index contributed by atoms with van der Waals surface area (Å²) in [5.74, 6) is 3.60. The second kappa shape index (κ2) is 5.44. The number of rotatable bonds is 1. The maximum atomic E-state index is 12.0. The lowest BCUT2D eigenvalue weighted by Crippen LogP contribution is -2.23. The summed E-state index contributed by atoms with van der Waals surface area (Å²) in [6.45, 7) is 13.3. The van der Waals surface area contributed by atoms with Crippen molar-refractivity contribution in [2.24, 2.45) is 11.3 Å². The minimum atomic E-state index is -1.44. The van der Waals surface area contributed by atoms with Gasteiger partial charge in [0.1, 0.15) is 8.07 Å². The zero-order valence-electron chi connectivity index (χ0n) is 12.7. The van der Waals surface area contributed by atoms with Gasteiger partial charge in [-0.05, 0) is 36.5 Å². The molecule has 0 saturated heterocycles. The van der Waals surface area contributed by atoms with Crippen LogP contribution in [-0.4, -0.2) is 13.9 Å². The van der Waals surface area contributed by atoms with E-state index in [1.165, 1.54) is 0 Å². The molecule has 0 N–H and O–H groups in total. The molecule has 1 aliphatic rings. The van der Waals surface area contributed by atoms with E-state index in [1.54, 1.807) is 0 Å². The van der Waals surface area contributed by atoms with E-state index in [0.29, 0.717) is 11.3 Å². The quantitative estimate of drug-likeness (QED) is 0.511. The Bertz CT molecular complexity index is 407. The normalized spacial score (nSPS) is 20.8. The average molecular weight is 262 g/mol. The second-order valence-electron chi connectivity index (χ2n) is 7.40. The first-order valence-electron chi connectivity index (χ1n) is 6.86. The zero-order chi connectivity index (χ0) is 14.0. The molecule has 1 unspecified atom stereocenters. The summed E-state index contributed by atoms with van der Waals surface area (Å²) >= 11 is 0. The SMILES string of the molecule is CC(C)(C)C1CC=C(C(=O)C#C[Si](C)(C)C)CC1. The number of allylic oxidation sites excluding steroid dienone is 2. The molecular formula is C16H26OSi. The molecule has 0 aromatic rings. The second-order valence-corrected chi connectivity index (χ2v) is 12.1. The topological polar surface area (TPSA) is 17.1 Å². The van der Waals surface area contributed by atoms with Crippen molar-refractivity contribution in [3.8, 4) is 11.5 Å². The van der Waals surface area contributed by atoms with Gasteiger partial charge >= 0.3 is 0 Å². The molecule has 0 bridgehead atoms. The zero-order valence-corrected chi connectivity index (χ0v) is 13.7. The van der Waals surface area contributed by atoms with E-state index in [2.05, 4.69) is 58.0 Å². The van der Waals surface area contributed by atoms with E-state index in [0.717, 1.165) is 24.8 Å². The van der Waals surface area contributed by atoms with Crippen LogP contribution in [0.1, 0.15) is 40.0 Å². The number of carbonyl (C=O) groups excluding carboxylic acids is 1. The number of hydrogen-bond acceptors (Lipinski definition) is 1. The van der Waals surface area contributed by atoms with Gasteiger partial charge in [0.05, 0.1) is 0 Å². The van der Waals surface area contributed by atoms with Crippen molar-refractivity contribution in [1.29, 1.82) is 0 Å². The van der Waals surface area contributed by atoms with Gasteiger partial charge in [0.25, 0.3) is 0 Å². The molecule has 18 heavy (non-hydrogen) atoms. The largest absolute Gasteiger partial charge is 0.280 e. The Balaban J connectivity index is 2.68. The number of carbonyl (C=O) groups is 1. The van der Waals surface area contributed by atoms with Crippen LogP contribution in [0.25, 0.3) is 0 Å². The van der Waals surface area contributed by atoms with Gasteiger partial charge in [-0.1, -0.05) is 46.5 Å². The Kier molecular flexibility index (Phi) is 4.61. The summed E-state index contributed by atoms with van der Waals surface area (Å²) < 4.78 is 0. The monoisotopic (exact) mass is 262 g/mol. The van der Waals surface area contributed by atoms with Gasteiger partial charge in [0, 0.05) is 5.57 Å². The molecule has 0 aliphatic heterocycles. The van der Waals surface area contributed by atoms with Crippen molar-refractivity contribution < 1.29 is 4.79 Å². The van der Waals surface area contributed by atoms with Gasteiger partial charge in [-0.25, -0.2) is 0 Å². The number of hydrogen-bond donors (Lipinski definition) is 0. The first-order valence-corrected chi connectivity index (χ1v) is 10.4. The molecule has 0 saturated carbocycles. The molecule has 100 valence electrons. The molecule has 0 amide bonds. The predicted octanol–water partition coefficient (Wildman–Crippen LogP) is 4.21. The van der Waals surface area contributed by atoms with Crippen LogP contribution < -0.4 is 0 Å². The van der Waals surface area contributed by atoms with Crippen LogP contribution in [0.15, 0.2) is 11.6 Å². The van der Waals surface area contributed by atoms with Gasteiger partial charge in [-0.15, -0.1) is 5.54 Å². The Labute approximate surface area is 113 Å². The lowest BCUT2D eigenvalue weighted by atomic mass is 9.73. The Morgan fingerprint density at radius 3 is 2.33 bits per heavy atom. The smallest absolute Gasteiger partial charge is 0.230 e. The molecule has 0 radical (unpaired) electrons. The van der Waals surface area contributed by atoms with Gasteiger partial charge < -0.3 is 0 Å². The summed E-state index contributed by atoms with van der Waals surface area (Å²) in [5, 5.41) is 0. The van der Waals surface area contributed by atoms with Crippen LogP contribution in [0, 0.1) is 22.8 Å². The molecule has 0 aromatic heterocycles. The van der Waals surface area contributed by atoms with E-state index in [9.17, 15) is 4.79 Å². The van der Waals surface area contributed by atoms with Crippen molar-refractivity contribution >= 4 is 13.9 Å². The van der Waals surface area contributed by atoms with E-state index in [1.807, 2.05) is 0 Å². The van der Waals surface area contributed by atoms with E-state index < -0.39 is 8.07 Å². The van der Waals surface area contributed by atoms with Crippen molar-refractivity contribution in [2.75, 3.05) is 0 Å². The summed E-state index contributed by atoms with van der Waals surface area (Å²) in [5.41, 5.74) is 4.45. The van der Waals surface area contributed by atoms with E-state index in [-0.39, 0.29) is 5.78 Å². The highest BCUT2D eigenvalue weighted by atomic mass is 28.3. The standard InChI is InChI=1S/C16H26OSi/c1-16(2,3)14-9-7-13(8-10-14)15(17)11-12-18(4,5)6/h7,14H,8-10H2,1-6H3. The van der Waals surface area contributed by atoms with E-state index in [4.69, 9.17) is 0 Å². The van der Waals surface area contributed by atoms with Crippen molar-refractivity contribution in [3.05, 3.63) is 11.6 Å². The van der Waals surface area contributed by atoms with Crippen molar-refractivity contribution in [3.63, 3.8) is 0 Å². The fourth-order valence-electron chi connectivity index (χ4n) is 2.15. The molecule has 1 nitrogen and oxygen atoms in total. The molecule has 0 heterocycles. The average Bonchev–Trinajstić information content (AvgIpc) is 2.24. The molecule has 0 fully saturated rings. The third-order valence-corrected chi connectivity index (χ3v) is 4.35. The summed E-state index contributed by atoms with van der Waals surface area (Å²) in [7, 11) is -1.44. The fourth-order valence-corrected chi connectivity index (χ4v) is 2.64. The fraction of sp³-hybridized carbons (Fsp3) is 0.688. The van der Waals surface area contributed by atoms with Crippen LogP contribution >= 0.6 is 0 Å². The third-order valence-electron chi connectivity index (χ3n) is 3.48. The summed E-state index contributed by atoms with van der Waals surface area (Å²) in [4.78, 5) is 12.0. The molecule has 1 rings (SSSR count). The highest BCUT2D eigenvalue weighted by Crippen LogP contribution is 2.37. The van der Waals surface area contributed by atoms with Gasteiger partial charge in [-0.3, -0.25) is 4.79 Å². The first kappa shape index (κ1) is 15.2. The Hall–Kier alpha value is -0.813. The maximum absolute atomic E-state index is 12.0. The molecule has 0 aromatic carbocycles. The molecular weight excluding hydrogens is 236 g/mol. The van der Waals surface area contributed by atoms with Gasteiger partial charge in [-0.2, -0.15) is 0 Å². The predicted molar refractivity (Wildman–Crippen MR) is 81.0 cm³/mol. The highest BCUT2D eigenvalue weighted by molar-refractivity contribution is 6.84. The number of Topliss-reactive ketones (excluding diaryl/α,β-unsaturated/α-hetero) is 1. The van der Waals surface area contributed by atoms with Crippen LogP contribution in [0.3, 0.4) is 0 Å². The highest BCUT2D eigenvalue weighted by Gasteiger charge is 2.27. The minimum absolute atomic E-state index is 0.0600. The van der Waals surface area contributed by atoms with Crippen LogP contribution in [0.2, 0.25) is 19.6 Å². The summed E-state index contributed by atoms with van der Waals surface area (Å²) in [6, 6.07) is 0. The van der Waals surface area contributed by atoms with Crippen LogP contribution in [-0.2, 0) is 4.79 Å². The van der Waals surface area contributed by atoms with Gasteiger partial charge in [0.2, 0.25) is 5.78 Å².